The van der Waals surface area contributed by atoms with E-state index in [1.54, 1.807) is 24.3 Å². The number of unbranched alkanes of at least 4 members (excludes halogenated alkanes) is 2. The highest BCUT2D eigenvalue weighted by molar-refractivity contribution is 8.22. The van der Waals surface area contributed by atoms with Crippen LogP contribution in [-0.4, -0.2) is 34.7 Å². The summed E-state index contributed by atoms with van der Waals surface area (Å²) in [5.41, 5.74) is 4.18. The lowest BCUT2D eigenvalue weighted by Gasteiger charge is -2.06. The molecule has 6 rings (SSSR count). The number of thioether (sulfide) groups is 2. The van der Waals surface area contributed by atoms with E-state index in [2.05, 4.69) is 13.8 Å². The van der Waals surface area contributed by atoms with Crippen molar-refractivity contribution < 1.29 is 18.3 Å². The molecule has 0 unspecified atom stereocenters. The summed E-state index contributed by atoms with van der Waals surface area (Å²) in [4.78, 5) is 19.8. The fourth-order valence-electron chi connectivity index (χ4n) is 4.69. The van der Waals surface area contributed by atoms with E-state index in [9.17, 15) is 8.78 Å². The second-order valence-electron chi connectivity index (χ2n) is 11.0. The van der Waals surface area contributed by atoms with Crippen molar-refractivity contribution >= 4 is 56.4 Å². The van der Waals surface area contributed by atoms with Crippen LogP contribution in [0.4, 0.5) is 20.2 Å². The number of rotatable bonds is 12. The van der Waals surface area contributed by atoms with Crippen LogP contribution in [0.1, 0.15) is 50.7 Å². The molecule has 0 bridgehead atoms. The molecule has 0 radical (unpaired) electrons. The van der Waals surface area contributed by atoms with Crippen molar-refractivity contribution in [2.45, 2.75) is 39.5 Å². The quantitative estimate of drug-likeness (QED) is 0.140. The van der Waals surface area contributed by atoms with Gasteiger partial charge < -0.3 is 9.47 Å². The molecular formula is C38H34F2N4O2S2. The minimum atomic E-state index is -0.331. The molecule has 2 heterocycles. The standard InChI is InChI=1S/C38H34F2N4O2S2/c1-3-5-23-45-31-19-15-29(16-20-31)41-35-33(25-7-11-27(39)12-8-25)43-37(47-35)38-44-34(26-9-13-28(40)14-10-26)36(48-38)42-30-17-21-32(22-18-30)46-24-6-4-2/h7-22H,3-6,23-24H2,1-2H3/b38-37+,41-35?,42-36?. The largest absolute Gasteiger partial charge is 0.494 e. The third-order valence-electron chi connectivity index (χ3n) is 7.30. The Morgan fingerprint density at radius 2 is 0.917 bits per heavy atom. The third-order valence-corrected chi connectivity index (χ3v) is 9.35. The predicted molar refractivity (Wildman–Crippen MR) is 196 cm³/mol. The lowest BCUT2D eigenvalue weighted by molar-refractivity contribution is 0.309. The van der Waals surface area contributed by atoms with E-state index >= 15 is 0 Å². The molecule has 4 aromatic carbocycles. The fraction of sp³-hybridized carbons (Fsp3) is 0.211. The van der Waals surface area contributed by atoms with Gasteiger partial charge in [0, 0.05) is 11.1 Å². The van der Waals surface area contributed by atoms with Crippen LogP contribution in [0, 0.1) is 11.6 Å². The van der Waals surface area contributed by atoms with Gasteiger partial charge in [-0.15, -0.1) is 0 Å². The van der Waals surface area contributed by atoms with Crippen LogP contribution in [0.25, 0.3) is 0 Å². The van der Waals surface area contributed by atoms with Crippen LogP contribution < -0.4 is 9.47 Å². The van der Waals surface area contributed by atoms with Crippen LogP contribution in [0.15, 0.2) is 127 Å². The minimum absolute atomic E-state index is 0.331. The predicted octanol–water partition coefficient (Wildman–Crippen LogP) is 10.7. The zero-order chi connectivity index (χ0) is 33.3. The Bertz CT molecular complexity index is 1750. The molecule has 0 amide bonds. The van der Waals surface area contributed by atoms with E-state index in [1.807, 2.05) is 48.5 Å². The Hall–Kier alpha value is -4.54. The molecular weight excluding hydrogens is 647 g/mol. The molecule has 0 spiro atoms. The molecule has 6 nitrogen and oxygen atoms in total. The lowest BCUT2D eigenvalue weighted by Crippen LogP contribution is -2.07. The molecule has 0 aromatic heterocycles. The maximum absolute atomic E-state index is 13.9. The van der Waals surface area contributed by atoms with E-state index in [0.29, 0.717) is 44.8 Å². The van der Waals surface area contributed by atoms with E-state index in [4.69, 9.17) is 29.4 Å². The highest BCUT2D eigenvalue weighted by atomic mass is 32.2. The van der Waals surface area contributed by atoms with Crippen LogP contribution >= 0.6 is 23.5 Å². The lowest BCUT2D eigenvalue weighted by atomic mass is 10.1. The summed E-state index contributed by atoms with van der Waals surface area (Å²) < 4.78 is 39.4. The summed E-state index contributed by atoms with van der Waals surface area (Å²) in [6.45, 7) is 5.59. The van der Waals surface area contributed by atoms with Crippen molar-refractivity contribution in [2.24, 2.45) is 20.0 Å². The summed E-state index contributed by atoms with van der Waals surface area (Å²) in [6, 6.07) is 27.7. The van der Waals surface area contributed by atoms with Gasteiger partial charge in [0.2, 0.25) is 0 Å². The zero-order valence-corrected chi connectivity index (χ0v) is 28.3. The normalized spacial score (nSPS) is 17.6. The maximum Gasteiger partial charge on any atom is 0.136 e. The molecule has 0 saturated heterocycles. The molecule has 48 heavy (non-hydrogen) atoms. The fourth-order valence-corrected chi connectivity index (χ4v) is 6.67. The average molecular weight is 681 g/mol. The number of halogens is 2. The van der Waals surface area contributed by atoms with Crippen LogP contribution in [0.3, 0.4) is 0 Å². The molecule has 0 atom stereocenters. The summed E-state index contributed by atoms with van der Waals surface area (Å²) in [5.74, 6) is 0.915. The van der Waals surface area contributed by atoms with Gasteiger partial charge in [0.1, 0.15) is 54.7 Å². The van der Waals surface area contributed by atoms with Crippen molar-refractivity contribution in [3.63, 3.8) is 0 Å². The molecule has 0 N–H and O–H groups in total. The highest BCUT2D eigenvalue weighted by Gasteiger charge is 2.30. The van der Waals surface area contributed by atoms with Gasteiger partial charge in [-0.25, -0.2) is 28.8 Å². The van der Waals surface area contributed by atoms with Crippen molar-refractivity contribution in [3.8, 4) is 11.5 Å². The summed E-state index contributed by atoms with van der Waals surface area (Å²) >= 11 is 2.78. The first kappa shape index (κ1) is 33.4. The number of hydrogen-bond acceptors (Lipinski definition) is 8. The minimum Gasteiger partial charge on any atom is -0.494 e. The Labute approximate surface area is 287 Å². The van der Waals surface area contributed by atoms with Crippen molar-refractivity contribution in [2.75, 3.05) is 13.2 Å². The summed E-state index contributed by atoms with van der Waals surface area (Å²) in [5, 5.41) is 2.60. The second kappa shape index (κ2) is 16.0. The monoisotopic (exact) mass is 680 g/mol. The van der Waals surface area contributed by atoms with E-state index < -0.39 is 0 Å². The SMILES string of the molecule is CCCCOc1ccc(N=C2S/C(=C3\N=C(c4ccc(F)cc4)C(=Nc4ccc(OCCCC)cc4)S3)N=C2c2ccc(F)cc2)cc1. The van der Waals surface area contributed by atoms with Gasteiger partial charge in [-0.2, -0.15) is 0 Å². The Balaban J connectivity index is 1.35. The van der Waals surface area contributed by atoms with Crippen LogP contribution in [0.5, 0.6) is 11.5 Å². The van der Waals surface area contributed by atoms with Gasteiger partial charge in [0.15, 0.2) is 0 Å². The Morgan fingerprint density at radius 1 is 0.542 bits per heavy atom. The first-order valence-corrected chi connectivity index (χ1v) is 17.6. The maximum atomic E-state index is 13.9. The number of benzene rings is 4. The van der Waals surface area contributed by atoms with Crippen LogP contribution in [0.2, 0.25) is 0 Å². The topological polar surface area (TPSA) is 67.9 Å². The van der Waals surface area contributed by atoms with Gasteiger partial charge in [-0.05, 0) is 133 Å². The van der Waals surface area contributed by atoms with Gasteiger partial charge in [0.05, 0.1) is 24.6 Å². The van der Waals surface area contributed by atoms with Gasteiger partial charge in [0.25, 0.3) is 0 Å². The molecule has 2 aliphatic heterocycles. The van der Waals surface area contributed by atoms with Gasteiger partial charge in [-0.3, -0.25) is 0 Å². The Morgan fingerprint density at radius 3 is 1.27 bits per heavy atom. The Kier molecular flexibility index (Phi) is 11.1. The first-order valence-electron chi connectivity index (χ1n) is 15.9. The molecule has 0 saturated carbocycles. The molecule has 2 aliphatic rings. The average Bonchev–Trinajstić information content (AvgIpc) is 3.72. The van der Waals surface area contributed by atoms with Gasteiger partial charge >= 0.3 is 0 Å². The highest BCUT2D eigenvalue weighted by Crippen LogP contribution is 2.42. The van der Waals surface area contributed by atoms with E-state index in [-0.39, 0.29) is 11.6 Å². The molecule has 0 fully saturated rings. The molecule has 244 valence electrons. The van der Waals surface area contributed by atoms with E-state index in [1.165, 1.54) is 47.8 Å². The van der Waals surface area contributed by atoms with Crippen molar-refractivity contribution in [3.05, 3.63) is 130 Å². The van der Waals surface area contributed by atoms with Crippen molar-refractivity contribution in [1.82, 2.24) is 0 Å². The zero-order valence-electron chi connectivity index (χ0n) is 26.7. The van der Waals surface area contributed by atoms with Crippen LogP contribution in [-0.2, 0) is 0 Å². The number of hydrogen-bond donors (Lipinski definition) is 0. The number of nitrogens with zero attached hydrogens (tertiary/aromatic N) is 4. The summed E-state index contributed by atoms with van der Waals surface area (Å²) in [6.07, 6.45) is 4.11. The van der Waals surface area contributed by atoms with Gasteiger partial charge in [-0.1, -0.05) is 26.7 Å². The number of aliphatic imine (C=N–C) groups is 4. The third kappa shape index (κ3) is 8.48. The van der Waals surface area contributed by atoms with E-state index in [0.717, 1.165) is 59.7 Å². The second-order valence-corrected chi connectivity index (χ2v) is 12.9. The number of ether oxygens (including phenoxy) is 2. The first-order chi connectivity index (χ1) is 23.5. The summed E-state index contributed by atoms with van der Waals surface area (Å²) in [7, 11) is 0. The smallest absolute Gasteiger partial charge is 0.136 e. The molecule has 4 aromatic rings. The molecule has 0 aliphatic carbocycles. The molecule has 10 heteroatoms. The van der Waals surface area contributed by atoms with Crippen molar-refractivity contribution in [1.29, 1.82) is 0 Å².